The molecule has 0 bridgehead atoms. The summed E-state index contributed by atoms with van der Waals surface area (Å²) in [6, 6.07) is 14.6. The number of carbonyl (C=O) groups excluding carboxylic acids is 2. The molecule has 7 nitrogen and oxygen atoms in total. The maximum atomic E-state index is 12.7. The Labute approximate surface area is 176 Å². The van der Waals surface area contributed by atoms with E-state index in [1.165, 1.54) is 0 Å². The van der Waals surface area contributed by atoms with Crippen molar-refractivity contribution in [3.05, 3.63) is 71.0 Å². The number of rotatable bonds is 6. The second-order valence-electron chi connectivity index (χ2n) is 8.00. The molecule has 2 N–H and O–H groups in total. The molecule has 0 saturated heterocycles. The van der Waals surface area contributed by atoms with E-state index < -0.39 is 0 Å². The van der Waals surface area contributed by atoms with Crippen LogP contribution in [0.5, 0.6) is 0 Å². The lowest BCUT2D eigenvalue weighted by molar-refractivity contribution is 0.0910. The molecule has 0 radical (unpaired) electrons. The van der Waals surface area contributed by atoms with E-state index in [-0.39, 0.29) is 23.0 Å². The summed E-state index contributed by atoms with van der Waals surface area (Å²) in [4.78, 5) is 25.0. The fourth-order valence-electron chi connectivity index (χ4n) is 2.91. The Hall–Kier alpha value is -3.48. The molecule has 0 unspecified atom stereocenters. The van der Waals surface area contributed by atoms with Crippen LogP contribution in [0.15, 0.2) is 48.5 Å². The van der Waals surface area contributed by atoms with Gasteiger partial charge in [0.1, 0.15) is 0 Å². The summed E-state index contributed by atoms with van der Waals surface area (Å²) in [7, 11) is 0. The summed E-state index contributed by atoms with van der Waals surface area (Å²) in [5, 5.41) is 14.0. The monoisotopic (exact) mass is 405 g/mol. The molecule has 0 aliphatic carbocycles. The molecule has 2 amide bonds. The predicted molar refractivity (Wildman–Crippen MR) is 117 cm³/mol. The molecule has 30 heavy (non-hydrogen) atoms. The molecule has 0 aliphatic rings. The number of hydrogen-bond donors (Lipinski definition) is 2. The second-order valence-corrected chi connectivity index (χ2v) is 8.00. The highest BCUT2D eigenvalue weighted by molar-refractivity contribution is 6.04. The van der Waals surface area contributed by atoms with Crippen molar-refractivity contribution in [2.75, 3.05) is 5.32 Å². The van der Waals surface area contributed by atoms with E-state index in [4.69, 9.17) is 0 Å². The fourth-order valence-corrected chi connectivity index (χ4v) is 2.91. The van der Waals surface area contributed by atoms with Crippen LogP contribution in [0.1, 0.15) is 59.3 Å². The first-order valence-corrected chi connectivity index (χ1v) is 9.93. The first-order valence-electron chi connectivity index (χ1n) is 9.93. The second kappa shape index (κ2) is 8.49. The number of amides is 2. The van der Waals surface area contributed by atoms with Crippen LogP contribution in [0.3, 0.4) is 0 Å². The highest BCUT2D eigenvalue weighted by Gasteiger charge is 2.20. The van der Waals surface area contributed by atoms with Crippen molar-refractivity contribution in [2.24, 2.45) is 0 Å². The molecule has 0 saturated carbocycles. The Morgan fingerprint density at radius 3 is 2.37 bits per heavy atom. The van der Waals surface area contributed by atoms with Gasteiger partial charge in [-0.2, -0.15) is 0 Å². The van der Waals surface area contributed by atoms with Gasteiger partial charge >= 0.3 is 0 Å². The van der Waals surface area contributed by atoms with Crippen molar-refractivity contribution in [1.29, 1.82) is 0 Å². The maximum Gasteiger partial charge on any atom is 0.278 e. The summed E-state index contributed by atoms with van der Waals surface area (Å²) in [5.41, 5.74) is 3.69. The van der Waals surface area contributed by atoms with E-state index in [2.05, 4.69) is 20.9 Å². The van der Waals surface area contributed by atoms with Gasteiger partial charge in [0, 0.05) is 16.8 Å². The molecule has 156 valence electrons. The lowest BCUT2D eigenvalue weighted by atomic mass is 10.0. The van der Waals surface area contributed by atoms with Gasteiger partial charge in [0.2, 0.25) is 0 Å². The highest BCUT2D eigenvalue weighted by atomic mass is 16.2. The number of benzene rings is 2. The zero-order valence-corrected chi connectivity index (χ0v) is 18.0. The topological polar surface area (TPSA) is 88.9 Å². The third kappa shape index (κ3) is 4.74. The molecule has 3 rings (SSSR count). The molecule has 0 atom stereocenters. The number of aromatic nitrogens is 3. The van der Waals surface area contributed by atoms with E-state index in [0.717, 1.165) is 17.7 Å². The van der Waals surface area contributed by atoms with Gasteiger partial charge in [0.25, 0.3) is 11.8 Å². The standard InChI is InChI=1S/C23H27N5O2/c1-6-23(4,5)25-21(29)17-10-12-18(13-11-17)24-22(30)20-16(3)28(27-26-20)19-9-7-8-15(2)14-19/h7-14H,6H2,1-5H3,(H,24,30)(H,25,29). The average molecular weight is 406 g/mol. The van der Waals surface area contributed by atoms with Gasteiger partial charge in [-0.15, -0.1) is 5.10 Å². The van der Waals surface area contributed by atoms with Crippen LogP contribution in [0.25, 0.3) is 5.69 Å². The van der Waals surface area contributed by atoms with Gasteiger partial charge in [0.15, 0.2) is 5.69 Å². The van der Waals surface area contributed by atoms with Gasteiger partial charge < -0.3 is 10.6 Å². The SMILES string of the molecule is CCC(C)(C)NC(=O)c1ccc(NC(=O)c2nnn(-c3cccc(C)c3)c2C)cc1. The molecule has 2 aromatic carbocycles. The Kier molecular flexibility index (Phi) is 6.01. The van der Waals surface area contributed by atoms with Crippen molar-refractivity contribution in [1.82, 2.24) is 20.3 Å². The smallest absolute Gasteiger partial charge is 0.278 e. The summed E-state index contributed by atoms with van der Waals surface area (Å²) >= 11 is 0. The summed E-state index contributed by atoms with van der Waals surface area (Å²) in [5.74, 6) is -0.493. The highest BCUT2D eigenvalue weighted by Crippen LogP contribution is 2.16. The predicted octanol–water partition coefficient (Wildman–Crippen LogP) is 4.05. The minimum Gasteiger partial charge on any atom is -0.347 e. The van der Waals surface area contributed by atoms with Crippen molar-refractivity contribution in [3.63, 3.8) is 0 Å². The number of nitrogens with zero attached hydrogens (tertiary/aromatic N) is 3. The first-order chi connectivity index (χ1) is 14.2. The third-order valence-electron chi connectivity index (χ3n) is 5.10. The Balaban J connectivity index is 1.72. The number of aryl methyl sites for hydroxylation is 1. The van der Waals surface area contributed by atoms with Gasteiger partial charge in [-0.1, -0.05) is 24.3 Å². The van der Waals surface area contributed by atoms with Crippen LogP contribution >= 0.6 is 0 Å². The van der Waals surface area contributed by atoms with Crippen LogP contribution in [-0.2, 0) is 0 Å². The van der Waals surface area contributed by atoms with Crippen LogP contribution in [-0.4, -0.2) is 32.3 Å². The first kappa shape index (κ1) is 21.2. The van der Waals surface area contributed by atoms with Crippen molar-refractivity contribution >= 4 is 17.5 Å². The lowest BCUT2D eigenvalue weighted by Gasteiger charge is -2.24. The van der Waals surface area contributed by atoms with Crippen molar-refractivity contribution in [2.45, 2.75) is 46.6 Å². The zero-order chi connectivity index (χ0) is 21.9. The molecule has 1 aromatic heterocycles. The van der Waals surface area contributed by atoms with E-state index in [1.54, 1.807) is 35.9 Å². The number of nitrogens with one attached hydrogen (secondary N) is 2. The van der Waals surface area contributed by atoms with Crippen LogP contribution in [0, 0.1) is 13.8 Å². The average Bonchev–Trinajstić information content (AvgIpc) is 3.09. The lowest BCUT2D eigenvalue weighted by Crippen LogP contribution is -2.42. The molecular weight excluding hydrogens is 378 g/mol. The minimum atomic E-state index is -0.351. The van der Waals surface area contributed by atoms with Crippen LogP contribution in [0.2, 0.25) is 0 Å². The van der Waals surface area contributed by atoms with Gasteiger partial charge in [0.05, 0.1) is 11.4 Å². The van der Waals surface area contributed by atoms with Crippen LogP contribution < -0.4 is 10.6 Å². The van der Waals surface area contributed by atoms with Gasteiger partial charge in [-0.05, 0) is 76.1 Å². The number of anilines is 1. The number of hydrogen-bond acceptors (Lipinski definition) is 4. The van der Waals surface area contributed by atoms with E-state index in [0.29, 0.717) is 16.9 Å². The van der Waals surface area contributed by atoms with E-state index >= 15 is 0 Å². The van der Waals surface area contributed by atoms with Crippen LogP contribution in [0.4, 0.5) is 5.69 Å². The van der Waals surface area contributed by atoms with Crippen molar-refractivity contribution in [3.8, 4) is 5.69 Å². The quantitative estimate of drug-likeness (QED) is 0.647. The van der Waals surface area contributed by atoms with E-state index in [9.17, 15) is 9.59 Å². The summed E-state index contributed by atoms with van der Waals surface area (Å²) in [6.45, 7) is 9.78. The zero-order valence-electron chi connectivity index (χ0n) is 18.0. The molecule has 0 fully saturated rings. The Bertz CT molecular complexity index is 1070. The fraction of sp³-hybridized carbons (Fsp3) is 0.304. The number of carbonyl (C=O) groups is 2. The Morgan fingerprint density at radius 1 is 1.03 bits per heavy atom. The third-order valence-corrected chi connectivity index (χ3v) is 5.10. The molecule has 7 heteroatoms. The van der Waals surface area contributed by atoms with Crippen molar-refractivity contribution < 1.29 is 9.59 Å². The molecule has 0 aliphatic heterocycles. The van der Waals surface area contributed by atoms with Gasteiger partial charge in [-0.25, -0.2) is 4.68 Å². The van der Waals surface area contributed by atoms with E-state index in [1.807, 2.05) is 52.0 Å². The minimum absolute atomic E-state index is 0.142. The molecular formula is C23H27N5O2. The van der Waals surface area contributed by atoms with Gasteiger partial charge in [-0.3, -0.25) is 9.59 Å². The Morgan fingerprint density at radius 2 is 1.73 bits per heavy atom. The normalized spacial score (nSPS) is 11.2. The molecule has 0 spiro atoms. The summed E-state index contributed by atoms with van der Waals surface area (Å²) in [6.07, 6.45) is 0.829. The maximum absolute atomic E-state index is 12.7. The summed E-state index contributed by atoms with van der Waals surface area (Å²) < 4.78 is 1.64. The molecule has 3 aromatic rings. The molecule has 1 heterocycles. The largest absolute Gasteiger partial charge is 0.347 e.